The van der Waals surface area contributed by atoms with Gasteiger partial charge in [0.25, 0.3) is 0 Å². The van der Waals surface area contributed by atoms with E-state index in [2.05, 4.69) is 5.32 Å². The number of nitrogens with one attached hydrogen (secondary N) is 1. The van der Waals surface area contributed by atoms with E-state index in [-0.39, 0.29) is 12.3 Å². The Kier molecular flexibility index (Phi) is 5.68. The fourth-order valence-corrected chi connectivity index (χ4v) is 2.57. The van der Waals surface area contributed by atoms with E-state index < -0.39 is 0 Å². The van der Waals surface area contributed by atoms with Crippen molar-refractivity contribution in [1.82, 2.24) is 0 Å². The van der Waals surface area contributed by atoms with Crippen LogP contribution in [0.4, 0.5) is 5.69 Å². The van der Waals surface area contributed by atoms with Crippen LogP contribution < -0.4 is 19.5 Å². The molecule has 0 aliphatic carbocycles. The normalized spacial score (nSPS) is 10.2. The highest BCUT2D eigenvalue weighted by Gasteiger charge is 2.15. The molecule has 0 spiro atoms. The van der Waals surface area contributed by atoms with E-state index in [0.29, 0.717) is 17.2 Å². The third kappa shape index (κ3) is 3.98. The number of carbonyl (C=O) groups is 1. The second kappa shape index (κ2) is 7.73. The molecule has 0 radical (unpaired) electrons. The number of benzene rings is 2. The third-order valence-electron chi connectivity index (χ3n) is 3.75. The predicted octanol–water partition coefficient (Wildman–Crippen LogP) is 3.51. The Morgan fingerprint density at radius 2 is 1.58 bits per heavy atom. The van der Waals surface area contributed by atoms with Crippen LogP contribution in [0.1, 0.15) is 16.7 Å². The number of hydrogen-bond acceptors (Lipinski definition) is 4. The summed E-state index contributed by atoms with van der Waals surface area (Å²) in [6, 6.07) is 9.49. The summed E-state index contributed by atoms with van der Waals surface area (Å²) in [5.41, 5.74) is 3.80. The molecule has 5 heteroatoms. The first kappa shape index (κ1) is 17.7. The summed E-state index contributed by atoms with van der Waals surface area (Å²) in [7, 11) is 4.65. The minimum atomic E-state index is -0.101. The fraction of sp³-hybridized carbons (Fsp3) is 0.316. The van der Waals surface area contributed by atoms with Crippen LogP contribution in [0.3, 0.4) is 0 Å². The Labute approximate surface area is 142 Å². The maximum absolute atomic E-state index is 12.3. The number of hydrogen-bond donors (Lipinski definition) is 1. The van der Waals surface area contributed by atoms with Gasteiger partial charge in [0.15, 0.2) is 11.5 Å². The largest absolute Gasteiger partial charge is 0.493 e. The summed E-state index contributed by atoms with van der Waals surface area (Å²) in [5, 5.41) is 2.94. The molecule has 0 fully saturated rings. The number of ether oxygens (including phenoxy) is 3. The van der Waals surface area contributed by atoms with Gasteiger partial charge in [-0.2, -0.15) is 0 Å². The number of aryl methyl sites for hydroxylation is 2. The molecule has 5 nitrogen and oxygen atoms in total. The highest BCUT2D eigenvalue weighted by molar-refractivity contribution is 5.93. The molecule has 0 heterocycles. The van der Waals surface area contributed by atoms with Crippen molar-refractivity contribution >= 4 is 11.6 Å². The molecule has 0 atom stereocenters. The molecular weight excluding hydrogens is 306 g/mol. The van der Waals surface area contributed by atoms with Crippen molar-refractivity contribution in [2.45, 2.75) is 20.3 Å². The van der Waals surface area contributed by atoms with E-state index in [4.69, 9.17) is 14.2 Å². The van der Waals surface area contributed by atoms with Crippen LogP contribution in [0.5, 0.6) is 17.2 Å². The standard InChI is InChI=1S/C19H23NO4/c1-12-6-7-15(13(2)8-12)20-18(21)11-14-9-16(22-3)19(24-5)17(10-14)23-4/h6-10H,11H2,1-5H3,(H,20,21). The van der Waals surface area contributed by atoms with Gasteiger partial charge in [0, 0.05) is 5.69 Å². The number of rotatable bonds is 6. The number of methoxy groups -OCH3 is 3. The molecule has 1 amide bonds. The van der Waals surface area contributed by atoms with E-state index >= 15 is 0 Å². The SMILES string of the molecule is COc1cc(CC(=O)Nc2ccc(C)cc2C)cc(OC)c1OC. The summed E-state index contributed by atoms with van der Waals surface area (Å²) in [6.45, 7) is 4.00. The Morgan fingerprint density at radius 3 is 2.08 bits per heavy atom. The summed E-state index contributed by atoms with van der Waals surface area (Å²) in [4.78, 5) is 12.3. The number of amides is 1. The van der Waals surface area contributed by atoms with Gasteiger partial charge in [0.1, 0.15) is 0 Å². The van der Waals surface area contributed by atoms with Gasteiger partial charge in [0.05, 0.1) is 27.8 Å². The summed E-state index contributed by atoms with van der Waals surface area (Å²) in [5.74, 6) is 1.48. The van der Waals surface area contributed by atoms with Crippen LogP contribution in [-0.4, -0.2) is 27.2 Å². The van der Waals surface area contributed by atoms with E-state index in [9.17, 15) is 4.79 Å². The monoisotopic (exact) mass is 329 g/mol. The van der Waals surface area contributed by atoms with Crippen molar-refractivity contribution in [3.8, 4) is 17.2 Å². The van der Waals surface area contributed by atoms with Crippen molar-refractivity contribution in [3.05, 3.63) is 47.0 Å². The van der Waals surface area contributed by atoms with Crippen LogP contribution in [0, 0.1) is 13.8 Å². The van der Waals surface area contributed by atoms with Gasteiger partial charge in [-0.1, -0.05) is 17.7 Å². The minimum absolute atomic E-state index is 0.101. The Hall–Kier alpha value is -2.69. The molecule has 0 aliphatic rings. The molecule has 24 heavy (non-hydrogen) atoms. The molecule has 2 rings (SSSR count). The molecule has 0 bridgehead atoms. The van der Waals surface area contributed by atoms with Crippen molar-refractivity contribution in [2.24, 2.45) is 0 Å². The third-order valence-corrected chi connectivity index (χ3v) is 3.75. The maximum Gasteiger partial charge on any atom is 0.228 e. The zero-order valence-corrected chi connectivity index (χ0v) is 14.7. The summed E-state index contributed by atoms with van der Waals surface area (Å²) < 4.78 is 15.9. The number of carbonyl (C=O) groups excluding carboxylic acids is 1. The van der Waals surface area contributed by atoms with E-state index in [0.717, 1.165) is 22.4 Å². The van der Waals surface area contributed by atoms with Gasteiger partial charge in [-0.3, -0.25) is 4.79 Å². The van der Waals surface area contributed by atoms with Crippen LogP contribution in [0.2, 0.25) is 0 Å². The molecule has 0 unspecified atom stereocenters. The molecule has 0 saturated carbocycles. The average Bonchev–Trinajstić information content (AvgIpc) is 2.56. The first-order valence-corrected chi connectivity index (χ1v) is 7.64. The van der Waals surface area contributed by atoms with Crippen molar-refractivity contribution in [1.29, 1.82) is 0 Å². The van der Waals surface area contributed by atoms with Crippen molar-refractivity contribution < 1.29 is 19.0 Å². The molecule has 2 aromatic carbocycles. The van der Waals surface area contributed by atoms with Crippen LogP contribution in [0.15, 0.2) is 30.3 Å². The van der Waals surface area contributed by atoms with Gasteiger partial charge < -0.3 is 19.5 Å². The lowest BCUT2D eigenvalue weighted by Crippen LogP contribution is -2.15. The van der Waals surface area contributed by atoms with Gasteiger partial charge >= 0.3 is 0 Å². The summed E-state index contributed by atoms with van der Waals surface area (Å²) in [6.07, 6.45) is 0.212. The van der Waals surface area contributed by atoms with E-state index in [1.807, 2.05) is 32.0 Å². The van der Waals surface area contributed by atoms with Crippen molar-refractivity contribution in [3.63, 3.8) is 0 Å². The van der Waals surface area contributed by atoms with Gasteiger partial charge in [-0.05, 0) is 43.2 Å². The predicted molar refractivity (Wildman–Crippen MR) is 94.3 cm³/mol. The summed E-state index contributed by atoms with van der Waals surface area (Å²) >= 11 is 0. The highest BCUT2D eigenvalue weighted by Crippen LogP contribution is 2.38. The minimum Gasteiger partial charge on any atom is -0.493 e. The first-order valence-electron chi connectivity index (χ1n) is 7.64. The first-order chi connectivity index (χ1) is 11.5. The zero-order chi connectivity index (χ0) is 17.7. The fourth-order valence-electron chi connectivity index (χ4n) is 2.57. The smallest absolute Gasteiger partial charge is 0.228 e. The lowest BCUT2D eigenvalue weighted by Gasteiger charge is -2.14. The molecule has 0 saturated heterocycles. The zero-order valence-electron chi connectivity index (χ0n) is 14.7. The molecular formula is C19H23NO4. The molecule has 0 aliphatic heterocycles. The Bertz CT molecular complexity index is 715. The quantitative estimate of drug-likeness (QED) is 0.881. The molecule has 1 N–H and O–H groups in total. The van der Waals surface area contributed by atoms with Gasteiger partial charge in [-0.15, -0.1) is 0 Å². The Balaban J connectivity index is 2.19. The van der Waals surface area contributed by atoms with Crippen molar-refractivity contribution in [2.75, 3.05) is 26.6 Å². The highest BCUT2D eigenvalue weighted by atomic mass is 16.5. The lowest BCUT2D eigenvalue weighted by molar-refractivity contribution is -0.115. The second-order valence-corrected chi connectivity index (χ2v) is 5.58. The Morgan fingerprint density at radius 1 is 0.958 bits per heavy atom. The molecule has 2 aromatic rings. The van der Waals surface area contributed by atoms with E-state index in [1.165, 1.54) is 0 Å². The van der Waals surface area contributed by atoms with E-state index in [1.54, 1.807) is 33.5 Å². The topological polar surface area (TPSA) is 56.8 Å². The maximum atomic E-state index is 12.3. The molecule has 128 valence electrons. The van der Waals surface area contributed by atoms with Gasteiger partial charge in [0.2, 0.25) is 11.7 Å². The van der Waals surface area contributed by atoms with Crippen LogP contribution >= 0.6 is 0 Å². The van der Waals surface area contributed by atoms with Crippen LogP contribution in [0.25, 0.3) is 0 Å². The number of anilines is 1. The second-order valence-electron chi connectivity index (χ2n) is 5.58. The van der Waals surface area contributed by atoms with Crippen LogP contribution in [-0.2, 0) is 11.2 Å². The van der Waals surface area contributed by atoms with Gasteiger partial charge in [-0.25, -0.2) is 0 Å². The lowest BCUT2D eigenvalue weighted by atomic mass is 10.1. The average molecular weight is 329 g/mol. The molecule has 0 aromatic heterocycles.